The van der Waals surface area contributed by atoms with Gasteiger partial charge in [-0.2, -0.15) is 0 Å². The molecule has 0 saturated heterocycles. The first-order chi connectivity index (χ1) is 10.5. The van der Waals surface area contributed by atoms with E-state index in [-0.39, 0.29) is 10.7 Å². The summed E-state index contributed by atoms with van der Waals surface area (Å²) in [6, 6.07) is 11.6. The molecule has 0 aliphatic carbocycles. The molecule has 0 saturated carbocycles. The van der Waals surface area contributed by atoms with Crippen LogP contribution < -0.4 is 4.74 Å². The van der Waals surface area contributed by atoms with E-state index in [1.807, 2.05) is 35.7 Å². The molecule has 0 N–H and O–H groups in total. The molecule has 0 radical (unpaired) electrons. The van der Waals surface area contributed by atoms with Crippen molar-refractivity contribution in [2.75, 3.05) is 13.7 Å². The first-order valence-corrected chi connectivity index (χ1v) is 8.73. The predicted molar refractivity (Wildman–Crippen MR) is 92.1 cm³/mol. The molecule has 2 aromatic rings. The van der Waals surface area contributed by atoms with Gasteiger partial charge in [-0.3, -0.25) is 0 Å². The van der Waals surface area contributed by atoms with E-state index < -0.39 is 0 Å². The van der Waals surface area contributed by atoms with Crippen LogP contribution >= 0.6 is 23.1 Å². The topological polar surface area (TPSA) is 35.5 Å². The van der Waals surface area contributed by atoms with E-state index in [2.05, 4.69) is 13.8 Å². The lowest BCUT2D eigenvalue weighted by atomic mass is 10.1. The molecule has 3 nitrogen and oxygen atoms in total. The molecule has 1 aromatic carbocycles. The van der Waals surface area contributed by atoms with Crippen molar-refractivity contribution in [3.63, 3.8) is 0 Å². The van der Waals surface area contributed by atoms with Crippen molar-refractivity contribution >= 4 is 29.1 Å². The minimum Gasteiger partial charge on any atom is -0.497 e. The van der Waals surface area contributed by atoms with Crippen molar-refractivity contribution in [2.45, 2.75) is 29.9 Å². The zero-order valence-corrected chi connectivity index (χ0v) is 14.6. The number of thioether (sulfide) groups is 1. The highest BCUT2D eigenvalue weighted by atomic mass is 32.2. The summed E-state index contributed by atoms with van der Waals surface area (Å²) in [5, 5.41) is 1.88. The molecular formula is C17H20O3S2. The highest BCUT2D eigenvalue weighted by Gasteiger charge is 2.20. The van der Waals surface area contributed by atoms with Gasteiger partial charge in [-0.05, 0) is 42.1 Å². The fraction of sp³-hybridized carbons (Fsp3) is 0.353. The minimum atomic E-state index is -0.236. The van der Waals surface area contributed by atoms with Crippen LogP contribution in [0.5, 0.6) is 5.75 Å². The van der Waals surface area contributed by atoms with Crippen LogP contribution in [0.15, 0.2) is 46.7 Å². The predicted octanol–water partition coefficient (Wildman–Crippen LogP) is 4.87. The standard InChI is InChI=1S/C17H20O3S2/c1-17(2,22-14-8-6-13(19-3)7-9-14)10-11-20-16(18)15-5-4-12-21-15/h4-9,12H,10-11H2,1-3H3. The molecule has 0 aliphatic heterocycles. The van der Waals surface area contributed by atoms with Crippen LogP contribution in [-0.4, -0.2) is 24.4 Å². The third kappa shape index (κ3) is 5.07. The van der Waals surface area contributed by atoms with Crippen LogP contribution in [-0.2, 0) is 4.74 Å². The van der Waals surface area contributed by atoms with Gasteiger partial charge in [0.05, 0.1) is 13.7 Å². The first-order valence-electron chi connectivity index (χ1n) is 7.04. The molecule has 118 valence electrons. The second-order valence-electron chi connectivity index (χ2n) is 5.40. The van der Waals surface area contributed by atoms with Gasteiger partial charge in [0.1, 0.15) is 10.6 Å². The van der Waals surface area contributed by atoms with Gasteiger partial charge >= 0.3 is 5.97 Å². The van der Waals surface area contributed by atoms with Crippen LogP contribution in [0.25, 0.3) is 0 Å². The van der Waals surface area contributed by atoms with Crippen LogP contribution in [0.1, 0.15) is 29.9 Å². The minimum absolute atomic E-state index is 0.00960. The van der Waals surface area contributed by atoms with E-state index in [9.17, 15) is 4.79 Å². The average molecular weight is 336 g/mol. The maximum absolute atomic E-state index is 11.8. The largest absolute Gasteiger partial charge is 0.497 e. The van der Waals surface area contributed by atoms with Gasteiger partial charge in [0, 0.05) is 9.64 Å². The van der Waals surface area contributed by atoms with Gasteiger partial charge in [0.15, 0.2) is 0 Å². The van der Waals surface area contributed by atoms with Crippen molar-refractivity contribution in [2.24, 2.45) is 0 Å². The Morgan fingerprint density at radius 1 is 1.23 bits per heavy atom. The number of benzene rings is 1. The summed E-state index contributed by atoms with van der Waals surface area (Å²) >= 11 is 3.17. The van der Waals surface area contributed by atoms with E-state index in [1.165, 1.54) is 16.2 Å². The number of rotatable bonds is 7. The number of thiophene rings is 1. The summed E-state index contributed by atoms with van der Waals surface area (Å²) in [6.45, 7) is 4.73. The van der Waals surface area contributed by atoms with Crippen LogP contribution in [0.4, 0.5) is 0 Å². The lowest BCUT2D eigenvalue weighted by Gasteiger charge is -2.23. The number of carbonyl (C=O) groups excluding carboxylic acids is 1. The summed E-state index contributed by atoms with van der Waals surface area (Å²) in [5.41, 5.74) is 0. The normalized spacial score (nSPS) is 11.2. The average Bonchev–Trinajstić information content (AvgIpc) is 3.01. The van der Waals surface area contributed by atoms with Crippen LogP contribution in [0.3, 0.4) is 0 Å². The molecule has 0 atom stereocenters. The summed E-state index contributed by atoms with van der Waals surface area (Å²) in [7, 11) is 1.66. The summed E-state index contributed by atoms with van der Waals surface area (Å²) in [6.07, 6.45) is 0.792. The van der Waals surface area contributed by atoms with Gasteiger partial charge in [-0.25, -0.2) is 4.79 Å². The second-order valence-corrected chi connectivity index (χ2v) is 8.13. The molecule has 1 aromatic heterocycles. The van der Waals surface area contributed by atoms with Gasteiger partial charge in [0.25, 0.3) is 0 Å². The second kappa shape index (κ2) is 7.70. The Morgan fingerprint density at radius 3 is 2.55 bits per heavy atom. The van der Waals surface area contributed by atoms with Crippen molar-refractivity contribution < 1.29 is 14.3 Å². The zero-order valence-electron chi connectivity index (χ0n) is 13.0. The molecule has 22 heavy (non-hydrogen) atoms. The Bertz CT molecular complexity index is 589. The summed E-state index contributed by atoms with van der Waals surface area (Å²) in [5.74, 6) is 0.618. The van der Waals surface area contributed by atoms with Gasteiger partial charge in [-0.1, -0.05) is 19.9 Å². The van der Waals surface area contributed by atoms with E-state index in [0.717, 1.165) is 12.2 Å². The highest BCUT2D eigenvalue weighted by Crippen LogP contribution is 2.35. The first kappa shape index (κ1) is 16.9. The third-order valence-corrected chi connectivity index (χ3v) is 5.23. The lowest BCUT2D eigenvalue weighted by Crippen LogP contribution is -2.19. The number of hydrogen-bond acceptors (Lipinski definition) is 5. The molecule has 0 fully saturated rings. The Hall–Kier alpha value is -1.46. The Balaban J connectivity index is 1.81. The Morgan fingerprint density at radius 2 is 1.95 bits per heavy atom. The monoisotopic (exact) mass is 336 g/mol. The SMILES string of the molecule is COc1ccc(SC(C)(C)CCOC(=O)c2cccs2)cc1. The number of hydrogen-bond donors (Lipinski definition) is 0. The van der Waals surface area contributed by atoms with Gasteiger partial charge in [0.2, 0.25) is 0 Å². The van der Waals surface area contributed by atoms with Gasteiger partial charge < -0.3 is 9.47 Å². The maximum Gasteiger partial charge on any atom is 0.348 e. The molecule has 0 spiro atoms. The molecule has 0 amide bonds. The molecule has 1 heterocycles. The van der Waals surface area contributed by atoms with E-state index in [0.29, 0.717) is 11.5 Å². The molecule has 0 bridgehead atoms. The number of carbonyl (C=O) groups is 1. The molecule has 5 heteroatoms. The summed E-state index contributed by atoms with van der Waals surface area (Å²) < 4.78 is 10.5. The maximum atomic E-state index is 11.8. The van der Waals surface area contributed by atoms with Crippen LogP contribution in [0.2, 0.25) is 0 Å². The van der Waals surface area contributed by atoms with Crippen molar-refractivity contribution in [3.05, 3.63) is 46.7 Å². The van der Waals surface area contributed by atoms with Crippen LogP contribution in [0, 0.1) is 0 Å². The van der Waals surface area contributed by atoms with E-state index in [1.54, 1.807) is 24.9 Å². The van der Waals surface area contributed by atoms with E-state index >= 15 is 0 Å². The quantitative estimate of drug-likeness (QED) is 0.533. The third-order valence-electron chi connectivity index (χ3n) is 3.11. The Kier molecular flexibility index (Phi) is 5.91. The number of ether oxygens (including phenoxy) is 2. The molecule has 0 aliphatic rings. The fourth-order valence-corrected chi connectivity index (χ4v) is 3.58. The zero-order chi connectivity index (χ0) is 16.0. The molecule has 0 unspecified atom stereocenters. The fourth-order valence-electron chi connectivity index (χ4n) is 1.87. The van der Waals surface area contributed by atoms with Crippen molar-refractivity contribution in [3.8, 4) is 5.75 Å². The molecule has 2 rings (SSSR count). The lowest BCUT2D eigenvalue weighted by molar-refractivity contribution is 0.0499. The van der Waals surface area contributed by atoms with Crippen molar-refractivity contribution in [1.29, 1.82) is 0 Å². The molecular weight excluding hydrogens is 316 g/mol. The van der Waals surface area contributed by atoms with Crippen molar-refractivity contribution in [1.82, 2.24) is 0 Å². The number of methoxy groups -OCH3 is 1. The number of esters is 1. The van der Waals surface area contributed by atoms with E-state index in [4.69, 9.17) is 9.47 Å². The summed E-state index contributed by atoms with van der Waals surface area (Å²) in [4.78, 5) is 13.6. The van der Waals surface area contributed by atoms with Gasteiger partial charge in [-0.15, -0.1) is 23.1 Å². The smallest absolute Gasteiger partial charge is 0.348 e. The highest BCUT2D eigenvalue weighted by molar-refractivity contribution is 8.00. The Labute approximate surface area is 139 Å².